The van der Waals surface area contributed by atoms with Gasteiger partial charge in [0, 0.05) is 17.3 Å². The Morgan fingerprint density at radius 1 is 1.17 bits per heavy atom. The van der Waals surface area contributed by atoms with Gasteiger partial charge < -0.3 is 10.4 Å². The number of hydrogen-bond acceptors (Lipinski definition) is 4. The first kappa shape index (κ1) is 16.0. The maximum atomic E-state index is 13.0. The summed E-state index contributed by atoms with van der Waals surface area (Å²) >= 11 is 0. The molecule has 4 nitrogen and oxygen atoms in total. The summed E-state index contributed by atoms with van der Waals surface area (Å²) in [5.41, 5.74) is 0.0424. The molecule has 2 N–H and O–H groups in total. The van der Waals surface area contributed by atoms with Crippen LogP contribution in [0.1, 0.15) is 16.7 Å². The molecule has 0 unspecified atom stereocenters. The molecule has 124 valence electrons. The first-order valence-electron chi connectivity index (χ1n) is 7.20. The van der Waals surface area contributed by atoms with Crippen LogP contribution >= 0.6 is 0 Å². The maximum absolute atomic E-state index is 13.0. The van der Waals surface area contributed by atoms with Crippen LogP contribution in [0, 0.1) is 6.92 Å². The van der Waals surface area contributed by atoms with E-state index in [2.05, 4.69) is 15.5 Å². The number of anilines is 1. The van der Waals surface area contributed by atoms with Crippen molar-refractivity contribution in [1.82, 2.24) is 10.2 Å². The lowest BCUT2D eigenvalue weighted by Crippen LogP contribution is -2.11. The second-order valence-electron chi connectivity index (χ2n) is 5.41. The molecule has 1 aromatic heterocycles. The van der Waals surface area contributed by atoms with Crippen molar-refractivity contribution in [2.24, 2.45) is 0 Å². The van der Waals surface area contributed by atoms with Gasteiger partial charge in [0.05, 0.1) is 11.8 Å². The molecule has 7 heteroatoms. The number of hydrogen-bond donors (Lipinski definition) is 2. The van der Waals surface area contributed by atoms with Gasteiger partial charge in [0.1, 0.15) is 5.75 Å². The molecule has 0 atom stereocenters. The summed E-state index contributed by atoms with van der Waals surface area (Å²) in [7, 11) is 0. The van der Waals surface area contributed by atoms with Gasteiger partial charge in [-0.2, -0.15) is 18.3 Å². The van der Waals surface area contributed by atoms with Gasteiger partial charge in [-0.05, 0) is 42.3 Å². The highest BCUT2D eigenvalue weighted by molar-refractivity contribution is 5.91. The minimum Gasteiger partial charge on any atom is -0.508 e. The van der Waals surface area contributed by atoms with Gasteiger partial charge >= 0.3 is 6.18 Å². The molecule has 24 heavy (non-hydrogen) atoms. The largest absolute Gasteiger partial charge is 0.508 e. The summed E-state index contributed by atoms with van der Waals surface area (Å²) in [6.07, 6.45) is -2.83. The molecule has 0 fully saturated rings. The minimum atomic E-state index is -4.38. The Morgan fingerprint density at radius 2 is 1.96 bits per heavy atom. The number of nitrogens with zero attached hydrogens (tertiary/aromatic N) is 2. The number of alkyl halides is 3. The van der Waals surface area contributed by atoms with Crippen molar-refractivity contribution in [3.05, 3.63) is 59.3 Å². The number of benzene rings is 2. The molecule has 0 aliphatic carbocycles. The fourth-order valence-corrected chi connectivity index (χ4v) is 2.56. The van der Waals surface area contributed by atoms with Gasteiger partial charge in [-0.1, -0.05) is 12.1 Å². The van der Waals surface area contributed by atoms with Crippen LogP contribution in [-0.2, 0) is 12.7 Å². The van der Waals surface area contributed by atoms with Crippen molar-refractivity contribution in [1.29, 1.82) is 0 Å². The van der Waals surface area contributed by atoms with Crippen LogP contribution in [0.5, 0.6) is 5.75 Å². The molecule has 1 heterocycles. The van der Waals surface area contributed by atoms with E-state index in [-0.39, 0.29) is 17.9 Å². The summed E-state index contributed by atoms with van der Waals surface area (Å²) in [4.78, 5) is 0. The predicted octanol–water partition coefficient (Wildman–Crippen LogP) is 4.27. The molecule has 0 spiro atoms. The van der Waals surface area contributed by atoms with Gasteiger partial charge in [-0.25, -0.2) is 0 Å². The molecule has 3 rings (SSSR count). The van der Waals surface area contributed by atoms with Gasteiger partial charge in [0.15, 0.2) is 5.82 Å². The first-order chi connectivity index (χ1) is 11.4. The van der Waals surface area contributed by atoms with Crippen molar-refractivity contribution in [2.45, 2.75) is 19.6 Å². The van der Waals surface area contributed by atoms with Crippen LogP contribution in [0.25, 0.3) is 10.8 Å². The van der Waals surface area contributed by atoms with E-state index in [1.807, 2.05) is 0 Å². The van der Waals surface area contributed by atoms with Crippen LogP contribution in [-0.4, -0.2) is 15.3 Å². The van der Waals surface area contributed by atoms with E-state index in [1.165, 1.54) is 25.1 Å². The Morgan fingerprint density at radius 3 is 2.71 bits per heavy atom. The SMILES string of the molecule is Cc1c(CNc2nncc3ccc(O)cc23)cccc1C(F)(F)F. The van der Waals surface area contributed by atoms with E-state index in [0.29, 0.717) is 16.8 Å². The summed E-state index contributed by atoms with van der Waals surface area (Å²) in [5, 5.41) is 21.9. The van der Waals surface area contributed by atoms with Gasteiger partial charge in [-0.3, -0.25) is 0 Å². The highest BCUT2D eigenvalue weighted by atomic mass is 19.4. The fraction of sp³-hybridized carbons (Fsp3) is 0.176. The molecule has 0 aliphatic rings. The smallest absolute Gasteiger partial charge is 0.416 e. The monoisotopic (exact) mass is 333 g/mol. The standard InChI is InChI=1S/C17H14F3N3O/c1-10-11(3-2-4-15(10)17(18,19)20)8-21-16-14-7-13(24)6-5-12(14)9-22-23-16/h2-7,9,24H,8H2,1H3,(H,21,23). The average molecular weight is 333 g/mol. The third kappa shape index (κ3) is 3.10. The van der Waals surface area contributed by atoms with E-state index in [9.17, 15) is 18.3 Å². The zero-order valence-corrected chi connectivity index (χ0v) is 12.7. The average Bonchev–Trinajstić information content (AvgIpc) is 2.53. The second-order valence-corrected chi connectivity index (χ2v) is 5.41. The summed E-state index contributed by atoms with van der Waals surface area (Å²) < 4.78 is 38.9. The van der Waals surface area contributed by atoms with Crippen molar-refractivity contribution in [3.63, 3.8) is 0 Å². The number of nitrogens with one attached hydrogen (secondary N) is 1. The van der Waals surface area contributed by atoms with Gasteiger partial charge in [0.2, 0.25) is 0 Å². The number of halogens is 3. The van der Waals surface area contributed by atoms with Crippen LogP contribution in [0.2, 0.25) is 0 Å². The molecular weight excluding hydrogens is 319 g/mol. The number of aromatic hydroxyl groups is 1. The third-order valence-corrected chi connectivity index (χ3v) is 3.84. The molecule has 0 saturated heterocycles. The zero-order valence-electron chi connectivity index (χ0n) is 12.7. The number of aromatic nitrogens is 2. The number of phenols is 1. The molecule has 0 aliphatic heterocycles. The minimum absolute atomic E-state index is 0.0776. The van der Waals surface area contributed by atoms with Crippen molar-refractivity contribution in [2.75, 3.05) is 5.32 Å². The van der Waals surface area contributed by atoms with Crippen LogP contribution in [0.15, 0.2) is 42.6 Å². The predicted molar refractivity (Wildman–Crippen MR) is 84.7 cm³/mol. The molecular formula is C17H14F3N3O. The Balaban J connectivity index is 1.91. The van der Waals surface area contributed by atoms with Crippen molar-refractivity contribution >= 4 is 16.6 Å². The molecule has 3 aromatic rings. The number of phenolic OH excluding ortho intramolecular Hbond substituents is 1. The maximum Gasteiger partial charge on any atom is 0.416 e. The lowest BCUT2D eigenvalue weighted by molar-refractivity contribution is -0.138. The Labute approximate surface area is 136 Å². The van der Waals surface area contributed by atoms with Crippen LogP contribution < -0.4 is 5.32 Å². The van der Waals surface area contributed by atoms with Crippen LogP contribution in [0.4, 0.5) is 19.0 Å². The molecule has 0 amide bonds. The van der Waals surface area contributed by atoms with Crippen molar-refractivity contribution < 1.29 is 18.3 Å². The van der Waals surface area contributed by atoms with Gasteiger partial charge in [-0.15, -0.1) is 5.10 Å². The molecule has 0 saturated carbocycles. The van der Waals surface area contributed by atoms with Crippen molar-refractivity contribution in [3.8, 4) is 5.75 Å². The number of fused-ring (bicyclic) bond motifs is 1. The van der Waals surface area contributed by atoms with E-state index in [0.717, 1.165) is 11.5 Å². The van der Waals surface area contributed by atoms with Crippen LogP contribution in [0.3, 0.4) is 0 Å². The Hall–Kier alpha value is -2.83. The Bertz CT molecular complexity index is 894. The molecule has 2 aromatic carbocycles. The lowest BCUT2D eigenvalue weighted by Gasteiger charge is -2.15. The highest BCUT2D eigenvalue weighted by Crippen LogP contribution is 2.33. The quantitative estimate of drug-likeness (QED) is 0.751. The summed E-state index contributed by atoms with van der Waals surface area (Å²) in [6, 6.07) is 8.84. The zero-order chi connectivity index (χ0) is 17.3. The third-order valence-electron chi connectivity index (χ3n) is 3.84. The van der Waals surface area contributed by atoms with E-state index in [1.54, 1.807) is 18.3 Å². The molecule has 0 bridgehead atoms. The summed E-state index contributed by atoms with van der Waals surface area (Å²) in [6.45, 7) is 1.61. The van der Waals surface area contributed by atoms with E-state index in [4.69, 9.17) is 0 Å². The summed E-state index contributed by atoms with van der Waals surface area (Å²) in [5.74, 6) is 0.481. The van der Waals surface area contributed by atoms with E-state index < -0.39 is 11.7 Å². The fourth-order valence-electron chi connectivity index (χ4n) is 2.56. The highest BCUT2D eigenvalue weighted by Gasteiger charge is 2.32. The molecule has 0 radical (unpaired) electrons. The lowest BCUT2D eigenvalue weighted by atomic mass is 10.0. The Kier molecular flexibility index (Phi) is 4.01. The topological polar surface area (TPSA) is 58.0 Å². The first-order valence-corrected chi connectivity index (χ1v) is 7.20. The second kappa shape index (κ2) is 5.99. The number of rotatable bonds is 3. The van der Waals surface area contributed by atoms with Gasteiger partial charge in [0.25, 0.3) is 0 Å². The normalized spacial score (nSPS) is 11.7. The van der Waals surface area contributed by atoms with E-state index >= 15 is 0 Å².